The van der Waals surface area contributed by atoms with E-state index in [0.717, 1.165) is 32.5 Å². The third-order valence-corrected chi connectivity index (χ3v) is 4.02. The number of aliphatic hydroxyl groups excluding tert-OH is 1. The first-order chi connectivity index (χ1) is 9.56. The summed E-state index contributed by atoms with van der Waals surface area (Å²) in [6.45, 7) is 9.73. The number of rotatable bonds is 7. The molecule has 0 aromatic rings. The lowest BCUT2D eigenvalue weighted by Gasteiger charge is -2.32. The Hall–Kier alpha value is -0.810. The standard InChI is InChI=1S/C15H31N3O2/c1-4-8-18-9-5-13(6-10-18)16-15(20)17-14(7-11-19)12(2)3/h12-14,19H,4-11H2,1-3H3,(H2,16,17,20). The third-order valence-electron chi connectivity index (χ3n) is 4.02. The highest BCUT2D eigenvalue weighted by atomic mass is 16.3. The van der Waals surface area contributed by atoms with E-state index < -0.39 is 0 Å². The second-order valence-electron chi connectivity index (χ2n) is 6.10. The van der Waals surface area contributed by atoms with Gasteiger partial charge in [-0.1, -0.05) is 20.8 Å². The molecule has 1 aliphatic rings. The summed E-state index contributed by atoms with van der Waals surface area (Å²) in [4.78, 5) is 14.4. The maximum atomic E-state index is 12.0. The average molecular weight is 285 g/mol. The Labute approximate surface area is 123 Å². The number of nitrogens with zero attached hydrogens (tertiary/aromatic N) is 1. The fraction of sp³-hybridized carbons (Fsp3) is 0.933. The van der Waals surface area contributed by atoms with Gasteiger partial charge in [0, 0.05) is 31.8 Å². The SMILES string of the molecule is CCCN1CCC(NC(=O)NC(CCO)C(C)C)CC1. The van der Waals surface area contributed by atoms with Gasteiger partial charge in [-0.3, -0.25) is 0 Å². The first kappa shape index (κ1) is 17.2. The van der Waals surface area contributed by atoms with Crippen LogP contribution in [-0.2, 0) is 0 Å². The van der Waals surface area contributed by atoms with Crippen molar-refractivity contribution in [2.24, 2.45) is 5.92 Å². The first-order valence-corrected chi connectivity index (χ1v) is 7.97. The molecule has 0 radical (unpaired) electrons. The molecule has 20 heavy (non-hydrogen) atoms. The summed E-state index contributed by atoms with van der Waals surface area (Å²) in [5.74, 6) is 0.333. The van der Waals surface area contributed by atoms with Crippen LogP contribution >= 0.6 is 0 Å². The highest BCUT2D eigenvalue weighted by Gasteiger charge is 2.21. The van der Waals surface area contributed by atoms with E-state index in [9.17, 15) is 4.79 Å². The predicted octanol–water partition coefficient (Wildman–Crippen LogP) is 1.57. The van der Waals surface area contributed by atoms with Crippen LogP contribution in [0.25, 0.3) is 0 Å². The van der Waals surface area contributed by atoms with Crippen molar-refractivity contribution in [2.75, 3.05) is 26.2 Å². The molecule has 118 valence electrons. The van der Waals surface area contributed by atoms with Crippen molar-refractivity contribution in [1.29, 1.82) is 0 Å². The van der Waals surface area contributed by atoms with Gasteiger partial charge in [0.15, 0.2) is 0 Å². The number of hydrogen-bond donors (Lipinski definition) is 3. The monoisotopic (exact) mass is 285 g/mol. The Morgan fingerprint density at radius 3 is 2.50 bits per heavy atom. The van der Waals surface area contributed by atoms with E-state index >= 15 is 0 Å². The molecule has 1 rings (SSSR count). The Kier molecular flexibility index (Phi) is 7.92. The van der Waals surface area contributed by atoms with E-state index in [4.69, 9.17) is 5.11 Å². The molecule has 5 heteroatoms. The largest absolute Gasteiger partial charge is 0.396 e. The number of piperidine rings is 1. The van der Waals surface area contributed by atoms with Crippen LogP contribution in [0.5, 0.6) is 0 Å². The molecule has 1 heterocycles. The van der Waals surface area contributed by atoms with Gasteiger partial charge in [0.1, 0.15) is 0 Å². The van der Waals surface area contributed by atoms with Crippen LogP contribution < -0.4 is 10.6 Å². The number of likely N-dealkylation sites (tertiary alicyclic amines) is 1. The predicted molar refractivity (Wildman–Crippen MR) is 81.7 cm³/mol. The topological polar surface area (TPSA) is 64.6 Å². The summed E-state index contributed by atoms with van der Waals surface area (Å²) < 4.78 is 0. The van der Waals surface area contributed by atoms with Gasteiger partial charge in [0.05, 0.1) is 0 Å². The molecule has 0 aliphatic carbocycles. The molecule has 0 aromatic carbocycles. The van der Waals surface area contributed by atoms with Crippen LogP contribution in [0.4, 0.5) is 4.79 Å². The molecule has 0 bridgehead atoms. The summed E-state index contributed by atoms with van der Waals surface area (Å²) in [5.41, 5.74) is 0. The highest BCUT2D eigenvalue weighted by Crippen LogP contribution is 2.11. The second kappa shape index (κ2) is 9.19. The van der Waals surface area contributed by atoms with Gasteiger partial charge >= 0.3 is 6.03 Å². The molecule has 1 fully saturated rings. The lowest BCUT2D eigenvalue weighted by molar-refractivity contribution is 0.187. The van der Waals surface area contributed by atoms with E-state index in [1.807, 2.05) is 0 Å². The quantitative estimate of drug-likeness (QED) is 0.665. The second-order valence-corrected chi connectivity index (χ2v) is 6.10. The van der Waals surface area contributed by atoms with Crippen LogP contribution in [-0.4, -0.2) is 54.4 Å². The van der Waals surface area contributed by atoms with E-state index in [1.54, 1.807) is 0 Å². The van der Waals surface area contributed by atoms with Crippen LogP contribution in [0.15, 0.2) is 0 Å². The number of hydrogen-bond acceptors (Lipinski definition) is 3. The molecule has 1 unspecified atom stereocenters. The first-order valence-electron chi connectivity index (χ1n) is 7.97. The van der Waals surface area contributed by atoms with E-state index in [2.05, 4.69) is 36.3 Å². The molecular weight excluding hydrogens is 254 g/mol. The van der Waals surface area contributed by atoms with Gasteiger partial charge in [0.2, 0.25) is 0 Å². The maximum Gasteiger partial charge on any atom is 0.315 e. The van der Waals surface area contributed by atoms with Crippen molar-refractivity contribution in [2.45, 2.75) is 58.5 Å². The fourth-order valence-corrected chi connectivity index (χ4v) is 2.72. The average Bonchev–Trinajstić information content (AvgIpc) is 2.40. The van der Waals surface area contributed by atoms with Crippen LogP contribution in [0.2, 0.25) is 0 Å². The van der Waals surface area contributed by atoms with Crippen molar-refractivity contribution < 1.29 is 9.90 Å². The Bertz CT molecular complexity index is 276. The minimum atomic E-state index is -0.0916. The van der Waals surface area contributed by atoms with Crippen LogP contribution in [0.1, 0.15) is 46.5 Å². The molecule has 5 nitrogen and oxygen atoms in total. The number of amides is 2. The molecule has 1 saturated heterocycles. The van der Waals surface area contributed by atoms with Crippen molar-refractivity contribution in [3.8, 4) is 0 Å². The lowest BCUT2D eigenvalue weighted by atomic mass is 10.0. The zero-order valence-electron chi connectivity index (χ0n) is 13.2. The molecule has 0 aromatic heterocycles. The van der Waals surface area contributed by atoms with Gasteiger partial charge in [-0.25, -0.2) is 4.79 Å². The summed E-state index contributed by atoms with van der Waals surface area (Å²) in [6, 6.07) is 0.233. The van der Waals surface area contributed by atoms with Crippen molar-refractivity contribution >= 4 is 6.03 Å². The summed E-state index contributed by atoms with van der Waals surface area (Å²) in [6.07, 6.45) is 3.86. The zero-order valence-corrected chi connectivity index (χ0v) is 13.2. The summed E-state index contributed by atoms with van der Waals surface area (Å²) in [5, 5.41) is 15.1. The minimum Gasteiger partial charge on any atom is -0.396 e. The minimum absolute atomic E-state index is 0.0418. The molecular formula is C15H31N3O2. The fourth-order valence-electron chi connectivity index (χ4n) is 2.72. The van der Waals surface area contributed by atoms with E-state index in [0.29, 0.717) is 12.3 Å². The molecule has 1 aliphatic heterocycles. The van der Waals surface area contributed by atoms with Crippen LogP contribution in [0.3, 0.4) is 0 Å². The van der Waals surface area contributed by atoms with Gasteiger partial charge in [-0.2, -0.15) is 0 Å². The number of carbonyl (C=O) groups is 1. The number of nitrogens with one attached hydrogen (secondary N) is 2. The molecule has 3 N–H and O–H groups in total. The van der Waals surface area contributed by atoms with Gasteiger partial charge in [-0.05, 0) is 38.1 Å². The smallest absolute Gasteiger partial charge is 0.315 e. The third kappa shape index (κ3) is 6.09. The molecule has 0 spiro atoms. The zero-order chi connectivity index (χ0) is 15.0. The maximum absolute atomic E-state index is 12.0. The number of carbonyl (C=O) groups excluding carboxylic acids is 1. The van der Waals surface area contributed by atoms with Crippen LogP contribution in [0, 0.1) is 5.92 Å². The Morgan fingerprint density at radius 2 is 2.00 bits per heavy atom. The highest BCUT2D eigenvalue weighted by molar-refractivity contribution is 5.74. The van der Waals surface area contributed by atoms with E-state index in [-0.39, 0.29) is 24.7 Å². The number of urea groups is 1. The van der Waals surface area contributed by atoms with Gasteiger partial charge in [0.25, 0.3) is 0 Å². The number of aliphatic hydroxyl groups is 1. The summed E-state index contributed by atoms with van der Waals surface area (Å²) >= 11 is 0. The van der Waals surface area contributed by atoms with Crippen molar-refractivity contribution in [3.63, 3.8) is 0 Å². The van der Waals surface area contributed by atoms with Crippen molar-refractivity contribution in [3.05, 3.63) is 0 Å². The Balaban J connectivity index is 2.28. The molecule has 1 atom stereocenters. The van der Waals surface area contributed by atoms with E-state index in [1.165, 1.54) is 6.42 Å². The molecule has 0 saturated carbocycles. The van der Waals surface area contributed by atoms with Crippen molar-refractivity contribution in [1.82, 2.24) is 15.5 Å². The lowest BCUT2D eigenvalue weighted by Crippen LogP contribution is -2.51. The molecule has 2 amide bonds. The Morgan fingerprint density at radius 1 is 1.35 bits per heavy atom. The van der Waals surface area contributed by atoms with Gasteiger partial charge in [-0.15, -0.1) is 0 Å². The van der Waals surface area contributed by atoms with Gasteiger partial charge < -0.3 is 20.6 Å². The normalized spacial score (nSPS) is 19.1. The summed E-state index contributed by atoms with van der Waals surface area (Å²) in [7, 11) is 0.